The summed E-state index contributed by atoms with van der Waals surface area (Å²) in [4.78, 5) is 30.2. The number of hydrogen-bond donors (Lipinski definition) is 4. The molecule has 0 aliphatic carbocycles. The highest BCUT2D eigenvalue weighted by Crippen LogP contribution is 2.33. The van der Waals surface area contributed by atoms with Crippen LogP contribution < -0.4 is 5.32 Å². The Morgan fingerprint density at radius 1 is 1.33 bits per heavy atom. The molecule has 1 heterocycles. The van der Waals surface area contributed by atoms with Crippen LogP contribution in [0.25, 0.3) is 0 Å². The summed E-state index contributed by atoms with van der Waals surface area (Å²) in [7, 11) is 0. The fourth-order valence-corrected chi connectivity index (χ4v) is 2.49. The predicted molar refractivity (Wildman–Crippen MR) is 49.6 cm³/mol. The van der Waals surface area contributed by atoms with Crippen LogP contribution in [-0.4, -0.2) is 49.9 Å². The monoisotopic (exact) mass is 235 g/mol. The fourth-order valence-electron chi connectivity index (χ4n) is 1.24. The lowest BCUT2D eigenvalue weighted by molar-refractivity contribution is -0.148. The van der Waals surface area contributed by atoms with E-state index < -0.39 is 35.2 Å². The number of carboxylic acids is 3. The zero-order valence-corrected chi connectivity index (χ0v) is 8.28. The Labute approximate surface area is 88.5 Å². The molecule has 1 aliphatic rings. The minimum Gasteiger partial charge on any atom is -0.481 e. The molecule has 4 N–H and O–H groups in total. The van der Waals surface area contributed by atoms with Gasteiger partial charge in [0.25, 0.3) is 0 Å². The molecule has 0 saturated carbocycles. The summed E-state index contributed by atoms with van der Waals surface area (Å²) in [5.74, 6) is -3.80. The molecule has 84 valence electrons. The van der Waals surface area contributed by atoms with Crippen LogP contribution in [0.1, 0.15) is 6.42 Å². The molecule has 15 heavy (non-hydrogen) atoms. The van der Waals surface area contributed by atoms with Gasteiger partial charge < -0.3 is 15.3 Å². The Morgan fingerprint density at radius 2 is 1.93 bits per heavy atom. The zero-order chi connectivity index (χ0) is 11.6. The van der Waals surface area contributed by atoms with Crippen molar-refractivity contribution in [2.45, 2.75) is 17.3 Å². The molecule has 8 heteroatoms. The van der Waals surface area contributed by atoms with Gasteiger partial charge in [0.2, 0.25) is 0 Å². The van der Waals surface area contributed by atoms with E-state index in [0.29, 0.717) is 0 Å². The van der Waals surface area contributed by atoms with E-state index in [1.165, 1.54) is 0 Å². The standard InChI is InChI=1S/C7H9NO6S/c9-4(10)1-7(6(13)14)8-3(2-15-7)5(11)12/h3,8H,1-2H2,(H,9,10)(H,11,12)(H,13,14). The van der Waals surface area contributed by atoms with Gasteiger partial charge in [-0.3, -0.25) is 14.9 Å². The lowest BCUT2D eigenvalue weighted by atomic mass is 10.1. The molecule has 0 aromatic rings. The molecule has 1 saturated heterocycles. The SMILES string of the molecule is O=C(O)CC1(C(=O)O)NC(C(=O)O)CS1. The first kappa shape index (κ1) is 11.8. The van der Waals surface area contributed by atoms with Gasteiger partial charge in [-0.2, -0.15) is 0 Å². The van der Waals surface area contributed by atoms with E-state index >= 15 is 0 Å². The number of thioether (sulfide) groups is 1. The molecule has 0 radical (unpaired) electrons. The Morgan fingerprint density at radius 3 is 2.27 bits per heavy atom. The molecule has 7 nitrogen and oxygen atoms in total. The molecule has 1 fully saturated rings. The predicted octanol–water partition coefficient (Wildman–Crippen LogP) is -0.968. The van der Waals surface area contributed by atoms with Crippen LogP contribution in [0.5, 0.6) is 0 Å². The summed E-state index contributed by atoms with van der Waals surface area (Å²) >= 11 is 0.790. The van der Waals surface area contributed by atoms with Crippen molar-refractivity contribution in [3.63, 3.8) is 0 Å². The van der Waals surface area contributed by atoms with Crippen LogP contribution >= 0.6 is 11.8 Å². The van der Waals surface area contributed by atoms with Gasteiger partial charge in [-0.25, -0.2) is 4.79 Å². The number of carbonyl (C=O) groups is 3. The molecule has 0 amide bonds. The van der Waals surface area contributed by atoms with Gasteiger partial charge >= 0.3 is 17.9 Å². The van der Waals surface area contributed by atoms with Crippen LogP contribution in [0.3, 0.4) is 0 Å². The lowest BCUT2D eigenvalue weighted by Crippen LogP contribution is -2.51. The van der Waals surface area contributed by atoms with Crippen LogP contribution in [0.2, 0.25) is 0 Å². The third-order valence-corrected chi connectivity index (χ3v) is 3.38. The second-order valence-electron chi connectivity index (χ2n) is 3.05. The molecule has 1 aliphatic heterocycles. The average Bonchev–Trinajstić information content (AvgIpc) is 2.48. The van der Waals surface area contributed by atoms with Crippen molar-refractivity contribution < 1.29 is 29.7 Å². The Hall–Kier alpha value is -1.28. The minimum atomic E-state index is -1.73. The Bertz CT molecular complexity index is 319. The van der Waals surface area contributed by atoms with E-state index in [1.54, 1.807) is 0 Å². The summed E-state index contributed by atoms with van der Waals surface area (Å²) in [6.07, 6.45) is -0.656. The van der Waals surface area contributed by atoms with Crippen molar-refractivity contribution in [1.29, 1.82) is 0 Å². The number of rotatable bonds is 4. The second-order valence-corrected chi connectivity index (χ2v) is 4.37. The molecule has 0 bridgehead atoms. The third kappa shape index (κ3) is 2.39. The molecule has 2 atom stereocenters. The van der Waals surface area contributed by atoms with E-state index in [2.05, 4.69) is 5.32 Å². The van der Waals surface area contributed by atoms with Gasteiger partial charge in [0.1, 0.15) is 6.04 Å². The number of carboxylic acid groups (broad SMARTS) is 3. The molecule has 0 aromatic carbocycles. The van der Waals surface area contributed by atoms with Crippen molar-refractivity contribution in [3.8, 4) is 0 Å². The molecule has 2 unspecified atom stereocenters. The van der Waals surface area contributed by atoms with E-state index in [4.69, 9.17) is 15.3 Å². The van der Waals surface area contributed by atoms with Crippen molar-refractivity contribution in [3.05, 3.63) is 0 Å². The molecule has 0 aromatic heterocycles. The van der Waals surface area contributed by atoms with Gasteiger partial charge in [-0.1, -0.05) is 0 Å². The quantitative estimate of drug-likeness (QED) is 0.490. The fraction of sp³-hybridized carbons (Fsp3) is 0.571. The largest absolute Gasteiger partial charge is 0.481 e. The summed E-state index contributed by atoms with van der Waals surface area (Å²) < 4.78 is 0. The summed E-state index contributed by atoms with van der Waals surface area (Å²) in [5.41, 5.74) is 0. The van der Waals surface area contributed by atoms with Crippen molar-refractivity contribution in [1.82, 2.24) is 5.32 Å². The van der Waals surface area contributed by atoms with Gasteiger partial charge in [-0.05, 0) is 0 Å². The topological polar surface area (TPSA) is 124 Å². The molecule has 0 spiro atoms. The van der Waals surface area contributed by atoms with E-state index in [9.17, 15) is 14.4 Å². The highest BCUT2D eigenvalue weighted by molar-refractivity contribution is 8.01. The minimum absolute atomic E-state index is 0.0366. The first-order valence-corrected chi connectivity index (χ1v) is 4.95. The van der Waals surface area contributed by atoms with Crippen molar-refractivity contribution in [2.75, 3.05) is 5.75 Å². The van der Waals surface area contributed by atoms with Gasteiger partial charge in [0.15, 0.2) is 4.87 Å². The maximum absolute atomic E-state index is 10.9. The van der Waals surface area contributed by atoms with Gasteiger partial charge in [0, 0.05) is 5.75 Å². The van der Waals surface area contributed by atoms with Crippen LogP contribution in [0.4, 0.5) is 0 Å². The summed E-state index contributed by atoms with van der Waals surface area (Å²) in [5, 5.41) is 28.4. The van der Waals surface area contributed by atoms with E-state index in [-0.39, 0.29) is 5.75 Å². The van der Waals surface area contributed by atoms with Crippen molar-refractivity contribution in [2.24, 2.45) is 0 Å². The average molecular weight is 235 g/mol. The van der Waals surface area contributed by atoms with Gasteiger partial charge in [-0.15, -0.1) is 11.8 Å². The second kappa shape index (κ2) is 4.07. The highest BCUT2D eigenvalue weighted by Gasteiger charge is 2.49. The normalized spacial score (nSPS) is 30.0. The zero-order valence-electron chi connectivity index (χ0n) is 7.47. The van der Waals surface area contributed by atoms with Gasteiger partial charge in [0.05, 0.1) is 6.42 Å². The maximum Gasteiger partial charge on any atom is 0.335 e. The van der Waals surface area contributed by atoms with E-state index in [0.717, 1.165) is 11.8 Å². The van der Waals surface area contributed by atoms with E-state index in [1.807, 2.05) is 0 Å². The Balaban J connectivity index is 2.82. The molecule has 1 rings (SSSR count). The molecular formula is C7H9NO6S. The summed E-state index contributed by atoms with van der Waals surface area (Å²) in [6.45, 7) is 0. The lowest BCUT2D eigenvalue weighted by Gasteiger charge is -2.21. The number of aliphatic carboxylic acids is 3. The number of nitrogens with one attached hydrogen (secondary N) is 1. The first-order valence-electron chi connectivity index (χ1n) is 3.97. The number of hydrogen-bond acceptors (Lipinski definition) is 5. The van der Waals surface area contributed by atoms with Crippen LogP contribution in [0, 0.1) is 0 Å². The first-order chi connectivity index (χ1) is 6.87. The van der Waals surface area contributed by atoms with Crippen molar-refractivity contribution >= 4 is 29.7 Å². The summed E-state index contributed by atoms with van der Waals surface area (Å²) in [6, 6.07) is -1.02. The maximum atomic E-state index is 10.9. The van der Waals surface area contributed by atoms with Crippen LogP contribution in [0.15, 0.2) is 0 Å². The third-order valence-electron chi connectivity index (χ3n) is 1.95. The van der Waals surface area contributed by atoms with Crippen LogP contribution in [-0.2, 0) is 14.4 Å². The highest BCUT2D eigenvalue weighted by atomic mass is 32.2. The molecular weight excluding hydrogens is 226 g/mol. The smallest absolute Gasteiger partial charge is 0.335 e. The Kier molecular flexibility index (Phi) is 3.20.